The molecule has 0 N–H and O–H groups in total. The van der Waals surface area contributed by atoms with Crippen molar-refractivity contribution >= 4 is 26.0 Å². The molecule has 1 aliphatic heterocycles. The Bertz CT molecular complexity index is 976. The highest BCUT2D eigenvalue weighted by Gasteiger charge is 2.37. The molecule has 0 bridgehead atoms. The molecule has 0 amide bonds. The number of rotatable bonds is 8. The number of sulfonamides is 1. The van der Waals surface area contributed by atoms with Crippen molar-refractivity contribution in [2.24, 2.45) is 0 Å². The van der Waals surface area contributed by atoms with Crippen LogP contribution in [0.5, 0.6) is 5.75 Å². The minimum Gasteiger partial charge on any atom is -0.495 e. The van der Waals surface area contributed by atoms with Crippen LogP contribution in [0.15, 0.2) is 57.9 Å². The van der Waals surface area contributed by atoms with Crippen molar-refractivity contribution in [2.45, 2.75) is 30.2 Å². The average Bonchev–Trinajstić information content (AvgIpc) is 3.20. The van der Waals surface area contributed by atoms with Gasteiger partial charge in [-0.25, -0.2) is 8.42 Å². The summed E-state index contributed by atoms with van der Waals surface area (Å²) in [5, 5.41) is 9.21. The zero-order valence-corrected chi connectivity index (χ0v) is 18.7. The van der Waals surface area contributed by atoms with Crippen LogP contribution in [0.4, 0.5) is 0 Å². The fourth-order valence-electron chi connectivity index (χ4n) is 3.63. The van der Waals surface area contributed by atoms with Crippen molar-refractivity contribution in [3.05, 3.63) is 58.6 Å². The average molecular weight is 478 g/mol. The van der Waals surface area contributed by atoms with Crippen LogP contribution in [0.1, 0.15) is 18.4 Å². The van der Waals surface area contributed by atoms with Crippen LogP contribution < -0.4 is 4.74 Å². The lowest BCUT2D eigenvalue weighted by Gasteiger charge is -2.28. The second kappa shape index (κ2) is 9.61. The van der Waals surface area contributed by atoms with E-state index in [4.69, 9.17) is 4.74 Å². The van der Waals surface area contributed by atoms with Gasteiger partial charge in [0.15, 0.2) is 6.19 Å². The van der Waals surface area contributed by atoms with Crippen LogP contribution in [0.2, 0.25) is 0 Å². The van der Waals surface area contributed by atoms with Gasteiger partial charge in [0.25, 0.3) is 0 Å². The first-order valence-corrected chi connectivity index (χ1v) is 11.7. The van der Waals surface area contributed by atoms with E-state index in [0.717, 1.165) is 6.42 Å². The normalized spacial score (nSPS) is 16.8. The quantitative estimate of drug-likeness (QED) is 0.542. The van der Waals surface area contributed by atoms with E-state index in [0.29, 0.717) is 42.7 Å². The largest absolute Gasteiger partial charge is 0.495 e. The van der Waals surface area contributed by atoms with Crippen LogP contribution in [-0.4, -0.2) is 50.4 Å². The molecule has 2 aromatic rings. The van der Waals surface area contributed by atoms with Crippen LogP contribution >= 0.6 is 15.9 Å². The van der Waals surface area contributed by atoms with Crippen molar-refractivity contribution in [3.63, 3.8) is 0 Å². The number of ether oxygens (including phenoxy) is 1. The maximum atomic E-state index is 13.6. The SMILES string of the molecule is COc1ccc(Br)cc1S(=O)(=O)N(CCCc1ccccc1)C1CCN(C#N)C1. The molecule has 0 aliphatic carbocycles. The van der Waals surface area contributed by atoms with Gasteiger partial charge in [-0.15, -0.1) is 0 Å². The Hall–Kier alpha value is -2.08. The molecule has 0 aromatic heterocycles. The van der Waals surface area contributed by atoms with E-state index in [1.807, 2.05) is 30.3 Å². The molecule has 0 saturated carbocycles. The Morgan fingerprint density at radius 1 is 1.28 bits per heavy atom. The third kappa shape index (κ3) is 5.10. The fraction of sp³-hybridized carbons (Fsp3) is 0.381. The minimum atomic E-state index is -3.79. The van der Waals surface area contributed by atoms with Gasteiger partial charge in [0.05, 0.1) is 7.11 Å². The number of hydrogen-bond donors (Lipinski definition) is 0. The first-order chi connectivity index (χ1) is 14.0. The smallest absolute Gasteiger partial charge is 0.247 e. The summed E-state index contributed by atoms with van der Waals surface area (Å²) in [6.45, 7) is 1.37. The number of hydrogen-bond acceptors (Lipinski definition) is 5. The molecule has 1 unspecified atom stereocenters. The first-order valence-electron chi connectivity index (χ1n) is 9.49. The van der Waals surface area contributed by atoms with E-state index >= 15 is 0 Å². The molecule has 29 heavy (non-hydrogen) atoms. The van der Waals surface area contributed by atoms with E-state index in [2.05, 4.69) is 22.1 Å². The van der Waals surface area contributed by atoms with Gasteiger partial charge >= 0.3 is 0 Å². The Morgan fingerprint density at radius 3 is 2.69 bits per heavy atom. The molecule has 1 atom stereocenters. The lowest BCUT2D eigenvalue weighted by molar-refractivity contribution is 0.314. The standard InChI is InChI=1S/C21H24BrN3O3S/c1-28-20-10-9-18(22)14-21(20)29(26,27)25(19-11-13-24(15-19)16-23)12-5-8-17-6-3-2-4-7-17/h2-4,6-7,9-10,14,19H,5,8,11-13,15H2,1H3. The summed E-state index contributed by atoms with van der Waals surface area (Å²) in [4.78, 5) is 1.76. The maximum Gasteiger partial charge on any atom is 0.247 e. The van der Waals surface area contributed by atoms with E-state index in [1.54, 1.807) is 27.4 Å². The lowest BCUT2D eigenvalue weighted by Crippen LogP contribution is -2.42. The number of benzene rings is 2. The molecular weight excluding hydrogens is 454 g/mol. The van der Waals surface area contributed by atoms with Crippen molar-refractivity contribution < 1.29 is 13.2 Å². The molecule has 0 spiro atoms. The summed E-state index contributed by atoms with van der Waals surface area (Å²) in [6.07, 6.45) is 4.25. The number of methoxy groups -OCH3 is 1. The molecule has 1 heterocycles. The third-order valence-corrected chi connectivity index (χ3v) is 7.58. The van der Waals surface area contributed by atoms with Crippen LogP contribution in [-0.2, 0) is 16.4 Å². The number of nitriles is 1. The summed E-state index contributed by atoms with van der Waals surface area (Å²) < 4.78 is 34.8. The fourth-order valence-corrected chi connectivity index (χ4v) is 6.01. The predicted octanol–water partition coefficient (Wildman–Crippen LogP) is 3.64. The number of likely N-dealkylation sites (tertiary alicyclic amines) is 1. The van der Waals surface area contributed by atoms with Crippen molar-refractivity contribution in [1.29, 1.82) is 5.26 Å². The zero-order chi connectivity index (χ0) is 20.9. The molecule has 1 saturated heterocycles. The molecule has 154 valence electrons. The molecule has 8 heteroatoms. The summed E-state index contributed by atoms with van der Waals surface area (Å²) in [7, 11) is -2.33. The second-order valence-corrected chi connectivity index (χ2v) is 9.76. The van der Waals surface area contributed by atoms with Crippen LogP contribution in [0, 0.1) is 11.5 Å². The Morgan fingerprint density at radius 2 is 2.03 bits per heavy atom. The highest BCUT2D eigenvalue weighted by molar-refractivity contribution is 9.10. The van der Waals surface area contributed by atoms with E-state index < -0.39 is 10.0 Å². The Kier molecular flexibility index (Phi) is 7.17. The summed E-state index contributed by atoms with van der Waals surface area (Å²) in [5.74, 6) is 0.316. The molecule has 2 aromatic carbocycles. The number of aryl methyl sites for hydroxylation is 1. The van der Waals surface area contributed by atoms with Crippen molar-refractivity contribution in [1.82, 2.24) is 9.21 Å². The lowest BCUT2D eigenvalue weighted by atomic mass is 10.1. The number of nitrogens with zero attached hydrogens (tertiary/aromatic N) is 3. The molecule has 0 radical (unpaired) electrons. The van der Waals surface area contributed by atoms with Gasteiger partial charge < -0.3 is 9.64 Å². The zero-order valence-electron chi connectivity index (χ0n) is 16.3. The summed E-state index contributed by atoms with van der Waals surface area (Å²) >= 11 is 3.36. The second-order valence-electron chi connectivity index (χ2n) is 6.99. The molecule has 3 rings (SSSR count). The van der Waals surface area contributed by atoms with Crippen LogP contribution in [0.3, 0.4) is 0 Å². The van der Waals surface area contributed by atoms with E-state index in [9.17, 15) is 13.7 Å². The first kappa shape index (κ1) is 21.6. The van der Waals surface area contributed by atoms with Gasteiger partial charge in [-0.2, -0.15) is 9.57 Å². The van der Waals surface area contributed by atoms with Crippen molar-refractivity contribution in [2.75, 3.05) is 26.7 Å². The Labute approximate surface area is 180 Å². The Balaban J connectivity index is 1.87. The predicted molar refractivity (Wildman–Crippen MR) is 115 cm³/mol. The topological polar surface area (TPSA) is 73.6 Å². The highest BCUT2D eigenvalue weighted by atomic mass is 79.9. The van der Waals surface area contributed by atoms with E-state index in [1.165, 1.54) is 12.7 Å². The van der Waals surface area contributed by atoms with Gasteiger partial charge in [-0.05, 0) is 43.0 Å². The van der Waals surface area contributed by atoms with Gasteiger partial charge in [0, 0.05) is 30.1 Å². The van der Waals surface area contributed by atoms with Gasteiger partial charge in [-0.3, -0.25) is 0 Å². The molecular formula is C21H24BrN3O3S. The van der Waals surface area contributed by atoms with Gasteiger partial charge in [0.1, 0.15) is 10.6 Å². The molecule has 1 aliphatic rings. The monoisotopic (exact) mass is 477 g/mol. The maximum absolute atomic E-state index is 13.6. The molecule has 6 nitrogen and oxygen atoms in total. The highest BCUT2D eigenvalue weighted by Crippen LogP contribution is 2.32. The summed E-state index contributed by atoms with van der Waals surface area (Å²) in [5.41, 5.74) is 1.18. The summed E-state index contributed by atoms with van der Waals surface area (Å²) in [6, 6.07) is 14.8. The van der Waals surface area contributed by atoms with Crippen LogP contribution in [0.25, 0.3) is 0 Å². The third-order valence-electron chi connectivity index (χ3n) is 5.11. The number of halogens is 1. The van der Waals surface area contributed by atoms with E-state index in [-0.39, 0.29) is 10.9 Å². The van der Waals surface area contributed by atoms with Gasteiger partial charge in [0.2, 0.25) is 10.0 Å². The minimum absolute atomic E-state index is 0.143. The molecule has 1 fully saturated rings. The van der Waals surface area contributed by atoms with Crippen molar-refractivity contribution in [3.8, 4) is 11.9 Å². The van der Waals surface area contributed by atoms with Gasteiger partial charge in [-0.1, -0.05) is 46.3 Å².